The van der Waals surface area contributed by atoms with Crippen LogP contribution in [-0.4, -0.2) is 43.4 Å². The summed E-state index contributed by atoms with van der Waals surface area (Å²) in [6.45, 7) is 2.62. The number of nitrogens with zero attached hydrogens (tertiary/aromatic N) is 1. The van der Waals surface area contributed by atoms with Gasteiger partial charge >= 0.3 is 0 Å². The summed E-state index contributed by atoms with van der Waals surface area (Å²) in [5.74, 6) is 0.517. The molecule has 1 fully saturated rings. The molecule has 0 aromatic rings. The van der Waals surface area contributed by atoms with Crippen molar-refractivity contribution in [3.63, 3.8) is 0 Å². The quantitative estimate of drug-likeness (QED) is 0.761. The molecule has 1 aliphatic rings. The first-order valence-electron chi connectivity index (χ1n) is 6.66. The Hall–Kier alpha value is -1.10. The van der Waals surface area contributed by atoms with E-state index in [-0.39, 0.29) is 23.8 Å². The maximum absolute atomic E-state index is 12.3. The second-order valence-corrected chi connectivity index (χ2v) is 5.37. The molecule has 1 rings (SSSR count). The molecule has 0 aliphatic heterocycles. The Balaban J connectivity index is 2.48. The van der Waals surface area contributed by atoms with Crippen LogP contribution in [0.4, 0.5) is 0 Å². The molecule has 1 saturated carbocycles. The van der Waals surface area contributed by atoms with E-state index in [9.17, 15) is 9.59 Å². The molecule has 0 radical (unpaired) electrons. The molecule has 104 valence electrons. The van der Waals surface area contributed by atoms with Gasteiger partial charge in [-0.05, 0) is 25.2 Å². The molecule has 3 atom stereocenters. The van der Waals surface area contributed by atoms with Crippen molar-refractivity contribution in [2.75, 3.05) is 20.6 Å². The van der Waals surface area contributed by atoms with Crippen molar-refractivity contribution in [1.82, 2.24) is 10.2 Å². The summed E-state index contributed by atoms with van der Waals surface area (Å²) in [5.41, 5.74) is 6.04. The van der Waals surface area contributed by atoms with Crippen molar-refractivity contribution < 1.29 is 9.59 Å². The summed E-state index contributed by atoms with van der Waals surface area (Å²) in [6, 6.07) is -0.0313. The lowest BCUT2D eigenvalue weighted by atomic mass is 9.78. The van der Waals surface area contributed by atoms with E-state index in [0.717, 1.165) is 19.3 Å². The Labute approximate surface area is 109 Å². The third-order valence-corrected chi connectivity index (χ3v) is 3.81. The normalized spacial score (nSPS) is 27.7. The highest BCUT2D eigenvalue weighted by atomic mass is 16.2. The summed E-state index contributed by atoms with van der Waals surface area (Å²) < 4.78 is 0. The summed E-state index contributed by atoms with van der Waals surface area (Å²) in [6.07, 6.45) is 3.23. The topological polar surface area (TPSA) is 75.4 Å². The number of carbonyl (C=O) groups excluding carboxylic acids is 2. The molecule has 0 heterocycles. The van der Waals surface area contributed by atoms with Gasteiger partial charge in [0, 0.05) is 33.1 Å². The molecule has 3 unspecified atom stereocenters. The first-order chi connectivity index (χ1) is 8.45. The fraction of sp³-hybridized carbons (Fsp3) is 0.846. The van der Waals surface area contributed by atoms with Crippen molar-refractivity contribution in [2.24, 2.45) is 17.6 Å². The zero-order valence-electron chi connectivity index (χ0n) is 11.6. The minimum Gasteiger partial charge on any atom is -0.359 e. The third kappa shape index (κ3) is 3.98. The van der Waals surface area contributed by atoms with Gasteiger partial charge in [-0.25, -0.2) is 0 Å². The Morgan fingerprint density at radius 2 is 2.06 bits per heavy atom. The van der Waals surface area contributed by atoms with Gasteiger partial charge in [-0.15, -0.1) is 0 Å². The summed E-state index contributed by atoms with van der Waals surface area (Å²) in [5, 5.41) is 2.55. The zero-order valence-corrected chi connectivity index (χ0v) is 11.6. The van der Waals surface area contributed by atoms with Crippen LogP contribution < -0.4 is 11.1 Å². The van der Waals surface area contributed by atoms with Gasteiger partial charge in [0.25, 0.3) is 0 Å². The molecule has 0 aromatic heterocycles. The van der Waals surface area contributed by atoms with Crippen molar-refractivity contribution in [3.8, 4) is 0 Å². The number of carbonyl (C=O) groups is 2. The van der Waals surface area contributed by atoms with Gasteiger partial charge in [-0.2, -0.15) is 0 Å². The fourth-order valence-corrected chi connectivity index (χ4v) is 2.48. The Kier molecular flexibility index (Phi) is 5.59. The largest absolute Gasteiger partial charge is 0.359 e. The van der Waals surface area contributed by atoms with E-state index < -0.39 is 0 Å². The maximum atomic E-state index is 12.3. The second kappa shape index (κ2) is 6.73. The van der Waals surface area contributed by atoms with Crippen molar-refractivity contribution in [2.45, 2.75) is 38.6 Å². The fourth-order valence-electron chi connectivity index (χ4n) is 2.48. The smallest absolute Gasteiger partial charge is 0.227 e. The van der Waals surface area contributed by atoms with Crippen LogP contribution in [-0.2, 0) is 9.59 Å². The molecule has 3 N–H and O–H groups in total. The number of amides is 2. The molecule has 2 amide bonds. The van der Waals surface area contributed by atoms with Crippen LogP contribution in [0.25, 0.3) is 0 Å². The molecular formula is C13H25N3O2. The number of hydrogen-bond acceptors (Lipinski definition) is 3. The molecule has 0 bridgehead atoms. The van der Waals surface area contributed by atoms with Gasteiger partial charge in [0.1, 0.15) is 0 Å². The van der Waals surface area contributed by atoms with E-state index in [1.807, 2.05) is 0 Å². The van der Waals surface area contributed by atoms with Crippen LogP contribution in [0, 0.1) is 11.8 Å². The molecule has 1 aliphatic carbocycles. The van der Waals surface area contributed by atoms with E-state index in [2.05, 4.69) is 12.2 Å². The number of hydrogen-bond donors (Lipinski definition) is 2. The minimum atomic E-state index is -0.0802. The van der Waals surface area contributed by atoms with Gasteiger partial charge in [-0.1, -0.05) is 6.92 Å². The average molecular weight is 255 g/mol. The van der Waals surface area contributed by atoms with Crippen molar-refractivity contribution >= 4 is 11.8 Å². The van der Waals surface area contributed by atoms with Gasteiger partial charge in [0.2, 0.25) is 11.8 Å². The van der Waals surface area contributed by atoms with Crippen LogP contribution >= 0.6 is 0 Å². The van der Waals surface area contributed by atoms with Crippen molar-refractivity contribution in [1.29, 1.82) is 0 Å². The molecule has 0 saturated heterocycles. The lowest BCUT2D eigenvalue weighted by molar-refractivity contribution is -0.136. The van der Waals surface area contributed by atoms with E-state index >= 15 is 0 Å². The minimum absolute atomic E-state index is 0.0313. The van der Waals surface area contributed by atoms with Crippen LogP contribution in [0.1, 0.15) is 32.6 Å². The summed E-state index contributed by atoms with van der Waals surface area (Å²) in [7, 11) is 3.35. The van der Waals surface area contributed by atoms with Crippen LogP contribution in [0.5, 0.6) is 0 Å². The molecule has 0 aromatic carbocycles. The van der Waals surface area contributed by atoms with E-state index in [1.165, 1.54) is 0 Å². The van der Waals surface area contributed by atoms with Crippen LogP contribution in [0.3, 0.4) is 0 Å². The Morgan fingerprint density at radius 1 is 1.39 bits per heavy atom. The summed E-state index contributed by atoms with van der Waals surface area (Å²) >= 11 is 0. The van der Waals surface area contributed by atoms with E-state index in [1.54, 1.807) is 19.0 Å². The number of rotatable bonds is 4. The Bertz CT molecular complexity index is 307. The van der Waals surface area contributed by atoms with E-state index in [0.29, 0.717) is 18.9 Å². The Morgan fingerprint density at radius 3 is 2.67 bits per heavy atom. The van der Waals surface area contributed by atoms with Gasteiger partial charge in [0.05, 0.1) is 5.92 Å². The second-order valence-electron chi connectivity index (χ2n) is 5.37. The number of nitrogens with two attached hydrogens (primary N) is 1. The lowest BCUT2D eigenvalue weighted by Crippen LogP contribution is -2.46. The standard InChI is InChI=1S/C13H25N3O2/c1-9-4-5-11(14)10(8-9)13(18)16(3)7-6-12(17)15-2/h9-11H,4-8,14H2,1-3H3,(H,15,17). The average Bonchev–Trinajstić information content (AvgIpc) is 2.37. The molecular weight excluding hydrogens is 230 g/mol. The van der Waals surface area contributed by atoms with Crippen LogP contribution in [0.15, 0.2) is 0 Å². The highest BCUT2D eigenvalue weighted by Crippen LogP contribution is 2.29. The number of nitrogens with one attached hydrogen (secondary N) is 1. The molecule has 0 spiro atoms. The maximum Gasteiger partial charge on any atom is 0.227 e. The first-order valence-corrected chi connectivity index (χ1v) is 6.66. The lowest BCUT2D eigenvalue weighted by Gasteiger charge is -2.34. The zero-order chi connectivity index (χ0) is 13.7. The van der Waals surface area contributed by atoms with Crippen molar-refractivity contribution in [3.05, 3.63) is 0 Å². The van der Waals surface area contributed by atoms with Gasteiger partial charge in [0.15, 0.2) is 0 Å². The third-order valence-electron chi connectivity index (χ3n) is 3.81. The monoisotopic (exact) mass is 255 g/mol. The van der Waals surface area contributed by atoms with Gasteiger partial charge in [-0.3, -0.25) is 9.59 Å². The molecule has 5 heteroatoms. The molecule has 5 nitrogen and oxygen atoms in total. The predicted octanol–water partition coefficient (Wildman–Crippen LogP) is 0.344. The SMILES string of the molecule is CNC(=O)CCN(C)C(=O)C1CC(C)CCC1N. The first kappa shape index (κ1) is 15.0. The highest BCUT2D eigenvalue weighted by molar-refractivity contribution is 5.81. The van der Waals surface area contributed by atoms with E-state index in [4.69, 9.17) is 5.73 Å². The molecule has 18 heavy (non-hydrogen) atoms. The van der Waals surface area contributed by atoms with Gasteiger partial charge < -0.3 is 16.0 Å². The summed E-state index contributed by atoms with van der Waals surface area (Å²) in [4.78, 5) is 25.1. The highest BCUT2D eigenvalue weighted by Gasteiger charge is 2.33. The predicted molar refractivity (Wildman–Crippen MR) is 70.8 cm³/mol. The van der Waals surface area contributed by atoms with Crippen LogP contribution in [0.2, 0.25) is 0 Å².